The normalized spacial score (nSPS) is 12.4. The minimum Gasteiger partial charge on any atom is -0.454 e. The predicted octanol–water partition coefficient (Wildman–Crippen LogP) is 2.62. The molecule has 2 rings (SSSR count). The first-order chi connectivity index (χ1) is 12.7. The van der Waals surface area contributed by atoms with Crippen molar-refractivity contribution in [3.63, 3.8) is 0 Å². The van der Waals surface area contributed by atoms with Gasteiger partial charge in [0.2, 0.25) is 15.8 Å². The summed E-state index contributed by atoms with van der Waals surface area (Å²) in [4.78, 5) is 24.1. The summed E-state index contributed by atoms with van der Waals surface area (Å²) >= 11 is 0. The molecule has 0 saturated heterocycles. The standard InChI is InChI=1S/C19H20FNO5S/c1-13-3-9-17(10-4-13)27(24,25)21-12-11-18(22)26-14(2)19(23)15-5-7-16(20)8-6-15/h3-10,14,21H,11-12H2,1-2H3/t14-/m0/s1. The minimum atomic E-state index is -3.72. The van der Waals surface area contributed by atoms with Crippen LogP contribution in [-0.4, -0.2) is 32.8 Å². The fourth-order valence-corrected chi connectivity index (χ4v) is 3.28. The first kappa shape index (κ1) is 20.7. The molecule has 0 aliphatic heterocycles. The smallest absolute Gasteiger partial charge is 0.307 e. The van der Waals surface area contributed by atoms with E-state index in [1.54, 1.807) is 12.1 Å². The third kappa shape index (κ3) is 5.97. The van der Waals surface area contributed by atoms with E-state index in [0.29, 0.717) is 0 Å². The molecule has 0 unspecified atom stereocenters. The fraction of sp³-hybridized carbons (Fsp3) is 0.263. The number of ether oxygens (including phenoxy) is 1. The highest BCUT2D eigenvalue weighted by Gasteiger charge is 2.20. The largest absolute Gasteiger partial charge is 0.454 e. The molecule has 0 radical (unpaired) electrons. The van der Waals surface area contributed by atoms with Crippen molar-refractivity contribution in [2.24, 2.45) is 0 Å². The first-order valence-electron chi connectivity index (χ1n) is 8.24. The zero-order valence-corrected chi connectivity index (χ0v) is 15.8. The summed E-state index contributed by atoms with van der Waals surface area (Å²) in [5, 5.41) is 0. The summed E-state index contributed by atoms with van der Waals surface area (Å²) in [7, 11) is -3.72. The predicted molar refractivity (Wildman–Crippen MR) is 97.3 cm³/mol. The maximum atomic E-state index is 12.9. The lowest BCUT2D eigenvalue weighted by molar-refractivity contribution is -0.146. The molecule has 144 valence electrons. The summed E-state index contributed by atoms with van der Waals surface area (Å²) < 4.78 is 44.5. The van der Waals surface area contributed by atoms with Gasteiger partial charge in [0.25, 0.3) is 0 Å². The Morgan fingerprint density at radius 3 is 2.26 bits per heavy atom. The SMILES string of the molecule is Cc1ccc(S(=O)(=O)NCCC(=O)O[C@@H](C)C(=O)c2ccc(F)cc2)cc1. The van der Waals surface area contributed by atoms with Gasteiger partial charge in [-0.1, -0.05) is 17.7 Å². The number of hydrogen-bond acceptors (Lipinski definition) is 5. The molecular formula is C19H20FNO5S. The van der Waals surface area contributed by atoms with Gasteiger partial charge in [0.15, 0.2) is 6.10 Å². The number of halogens is 1. The number of aryl methyl sites for hydroxylation is 1. The highest BCUT2D eigenvalue weighted by Crippen LogP contribution is 2.11. The highest BCUT2D eigenvalue weighted by atomic mass is 32.2. The van der Waals surface area contributed by atoms with Crippen LogP contribution in [0.5, 0.6) is 0 Å². The molecule has 1 N–H and O–H groups in total. The van der Waals surface area contributed by atoms with Crippen LogP contribution in [0.25, 0.3) is 0 Å². The van der Waals surface area contributed by atoms with Gasteiger partial charge >= 0.3 is 5.97 Å². The van der Waals surface area contributed by atoms with Crippen molar-refractivity contribution >= 4 is 21.8 Å². The number of carbonyl (C=O) groups is 2. The fourth-order valence-electron chi connectivity index (χ4n) is 2.25. The van der Waals surface area contributed by atoms with Gasteiger partial charge in [-0.25, -0.2) is 17.5 Å². The summed E-state index contributed by atoms with van der Waals surface area (Å²) in [6, 6.07) is 11.2. The van der Waals surface area contributed by atoms with E-state index in [1.807, 2.05) is 6.92 Å². The van der Waals surface area contributed by atoms with Crippen LogP contribution in [0.15, 0.2) is 53.4 Å². The average Bonchev–Trinajstić information content (AvgIpc) is 2.62. The summed E-state index contributed by atoms with van der Waals surface area (Å²) in [5.74, 6) is -1.66. The maximum Gasteiger partial charge on any atom is 0.307 e. The van der Waals surface area contributed by atoms with Crippen molar-refractivity contribution in [2.45, 2.75) is 31.3 Å². The Kier molecular flexibility index (Phi) is 6.81. The lowest BCUT2D eigenvalue weighted by Crippen LogP contribution is -2.29. The minimum absolute atomic E-state index is 0.0984. The lowest BCUT2D eigenvalue weighted by atomic mass is 10.1. The molecule has 1 atom stereocenters. The van der Waals surface area contributed by atoms with Crippen molar-refractivity contribution in [3.05, 3.63) is 65.5 Å². The van der Waals surface area contributed by atoms with Crippen LogP contribution in [0.4, 0.5) is 4.39 Å². The Balaban J connectivity index is 1.84. The van der Waals surface area contributed by atoms with Crippen LogP contribution < -0.4 is 4.72 Å². The molecular weight excluding hydrogens is 373 g/mol. The highest BCUT2D eigenvalue weighted by molar-refractivity contribution is 7.89. The number of esters is 1. The molecule has 0 aliphatic carbocycles. The molecule has 2 aromatic carbocycles. The van der Waals surface area contributed by atoms with E-state index in [1.165, 1.54) is 31.2 Å². The Bertz CT molecular complexity index is 908. The van der Waals surface area contributed by atoms with Gasteiger partial charge in [0.05, 0.1) is 11.3 Å². The molecule has 2 aromatic rings. The summed E-state index contributed by atoms with van der Waals surface area (Å²) in [6.07, 6.45) is -1.29. The molecule has 0 spiro atoms. The molecule has 0 heterocycles. The lowest BCUT2D eigenvalue weighted by Gasteiger charge is -2.13. The number of hydrogen-bond donors (Lipinski definition) is 1. The van der Waals surface area contributed by atoms with E-state index < -0.39 is 33.7 Å². The molecule has 0 aliphatic rings. The molecule has 0 bridgehead atoms. The van der Waals surface area contributed by atoms with Crippen molar-refractivity contribution in [3.8, 4) is 0 Å². The van der Waals surface area contributed by atoms with Gasteiger partial charge in [-0.2, -0.15) is 0 Å². The molecule has 0 saturated carbocycles. The Hall–Kier alpha value is -2.58. The molecule has 0 aromatic heterocycles. The van der Waals surface area contributed by atoms with Gasteiger partial charge in [0.1, 0.15) is 5.82 Å². The number of benzene rings is 2. The summed E-state index contributed by atoms with van der Waals surface area (Å²) in [5.41, 5.74) is 1.15. The number of nitrogens with one attached hydrogen (secondary N) is 1. The number of ketones is 1. The van der Waals surface area contributed by atoms with Gasteiger partial charge in [-0.15, -0.1) is 0 Å². The molecule has 6 nitrogen and oxygen atoms in total. The van der Waals surface area contributed by atoms with Crippen molar-refractivity contribution < 1.29 is 27.1 Å². The topological polar surface area (TPSA) is 89.5 Å². The van der Waals surface area contributed by atoms with Crippen LogP contribution in [0.2, 0.25) is 0 Å². The van der Waals surface area contributed by atoms with Gasteiger partial charge < -0.3 is 4.74 Å². The van der Waals surface area contributed by atoms with E-state index in [2.05, 4.69) is 4.72 Å². The Morgan fingerprint density at radius 1 is 1.07 bits per heavy atom. The van der Waals surface area contributed by atoms with Crippen LogP contribution in [0.3, 0.4) is 0 Å². The van der Waals surface area contributed by atoms with Crippen LogP contribution in [0, 0.1) is 12.7 Å². The van der Waals surface area contributed by atoms with Crippen LogP contribution >= 0.6 is 0 Å². The quantitative estimate of drug-likeness (QED) is 0.550. The van der Waals surface area contributed by atoms with Crippen LogP contribution in [0.1, 0.15) is 29.3 Å². The van der Waals surface area contributed by atoms with E-state index in [-0.39, 0.29) is 23.4 Å². The van der Waals surface area contributed by atoms with Gasteiger partial charge in [-0.3, -0.25) is 9.59 Å². The van der Waals surface area contributed by atoms with E-state index in [9.17, 15) is 22.4 Å². The number of rotatable bonds is 8. The number of Topliss-reactive ketones (excluding diaryl/α,β-unsaturated/α-hetero) is 1. The van der Waals surface area contributed by atoms with E-state index in [0.717, 1.165) is 17.7 Å². The number of carbonyl (C=O) groups excluding carboxylic acids is 2. The second kappa shape index (κ2) is 8.88. The first-order valence-corrected chi connectivity index (χ1v) is 9.73. The zero-order valence-electron chi connectivity index (χ0n) is 14.9. The third-order valence-electron chi connectivity index (χ3n) is 3.76. The van der Waals surface area contributed by atoms with Gasteiger partial charge in [0, 0.05) is 12.1 Å². The second-order valence-electron chi connectivity index (χ2n) is 5.96. The molecule has 0 amide bonds. The van der Waals surface area contributed by atoms with Crippen molar-refractivity contribution in [2.75, 3.05) is 6.54 Å². The molecule has 27 heavy (non-hydrogen) atoms. The van der Waals surface area contributed by atoms with Crippen molar-refractivity contribution in [1.29, 1.82) is 0 Å². The van der Waals surface area contributed by atoms with Crippen LogP contribution in [-0.2, 0) is 19.6 Å². The Labute approximate surface area is 157 Å². The average molecular weight is 393 g/mol. The van der Waals surface area contributed by atoms with E-state index in [4.69, 9.17) is 4.74 Å². The third-order valence-corrected chi connectivity index (χ3v) is 5.24. The molecule has 8 heteroatoms. The summed E-state index contributed by atoms with van der Waals surface area (Å²) in [6.45, 7) is 3.08. The zero-order chi connectivity index (χ0) is 20.0. The van der Waals surface area contributed by atoms with E-state index >= 15 is 0 Å². The van der Waals surface area contributed by atoms with Crippen molar-refractivity contribution in [1.82, 2.24) is 4.72 Å². The number of sulfonamides is 1. The monoisotopic (exact) mass is 393 g/mol. The van der Waals surface area contributed by atoms with Gasteiger partial charge in [-0.05, 0) is 50.2 Å². The second-order valence-corrected chi connectivity index (χ2v) is 7.73. The maximum absolute atomic E-state index is 12.9. The molecule has 0 fully saturated rings. The Morgan fingerprint density at radius 2 is 1.67 bits per heavy atom.